The summed E-state index contributed by atoms with van der Waals surface area (Å²) in [6.45, 7) is 20.7. The molecule has 0 saturated carbocycles. The van der Waals surface area contributed by atoms with E-state index in [9.17, 15) is 14.4 Å². The van der Waals surface area contributed by atoms with E-state index < -0.39 is 0 Å². The van der Waals surface area contributed by atoms with Crippen molar-refractivity contribution in [3.63, 3.8) is 0 Å². The number of hydrogen-bond acceptors (Lipinski definition) is 3. The average molecular weight is 563 g/mol. The van der Waals surface area contributed by atoms with Gasteiger partial charge >= 0.3 is 0 Å². The Balaban J connectivity index is 0.000000638. The summed E-state index contributed by atoms with van der Waals surface area (Å²) in [5.74, 6) is 1.14. The molecule has 0 heterocycles. The molecule has 3 atom stereocenters. The van der Waals surface area contributed by atoms with Crippen molar-refractivity contribution < 1.29 is 14.4 Å². The van der Waals surface area contributed by atoms with Gasteiger partial charge in [0.1, 0.15) is 11.6 Å². The minimum atomic E-state index is -0.0744. The Morgan fingerprint density at radius 2 is 1.56 bits per heavy atom. The lowest BCUT2D eigenvalue weighted by Crippen LogP contribution is -2.30. The van der Waals surface area contributed by atoms with Crippen LogP contribution in [0.3, 0.4) is 0 Å². The second-order valence-corrected chi connectivity index (χ2v) is 12.3. The molecule has 3 nitrogen and oxygen atoms in total. The van der Waals surface area contributed by atoms with Crippen molar-refractivity contribution in [1.82, 2.24) is 0 Å². The van der Waals surface area contributed by atoms with E-state index in [1.807, 2.05) is 6.07 Å². The van der Waals surface area contributed by atoms with Gasteiger partial charge in [-0.05, 0) is 92.0 Å². The predicted molar refractivity (Wildman–Crippen MR) is 175 cm³/mol. The Morgan fingerprint density at radius 3 is 2.02 bits per heavy atom. The summed E-state index contributed by atoms with van der Waals surface area (Å²) in [5.41, 5.74) is 7.25. The lowest BCUT2D eigenvalue weighted by Gasteiger charge is -2.33. The number of hydrogen-bond donors (Lipinski definition) is 0. The Hall–Kier alpha value is -2.55. The normalized spacial score (nSPS) is 15.6. The van der Waals surface area contributed by atoms with Crippen molar-refractivity contribution in [3.8, 4) is 0 Å². The molecule has 3 unspecified atom stereocenters. The van der Waals surface area contributed by atoms with Gasteiger partial charge in [0.05, 0.1) is 6.42 Å². The smallest absolute Gasteiger partial charge is 0.163 e. The summed E-state index contributed by atoms with van der Waals surface area (Å²) in [6, 6.07) is 12.7. The first-order valence-corrected chi connectivity index (χ1v) is 16.2. The van der Waals surface area contributed by atoms with Crippen molar-refractivity contribution in [1.29, 1.82) is 0 Å². The molecule has 2 aromatic carbocycles. The van der Waals surface area contributed by atoms with Gasteiger partial charge in [0.25, 0.3) is 0 Å². The molecule has 0 aromatic heterocycles. The van der Waals surface area contributed by atoms with Crippen molar-refractivity contribution in [2.24, 2.45) is 17.8 Å². The Labute approximate surface area is 251 Å². The largest absolute Gasteiger partial charge is 0.300 e. The van der Waals surface area contributed by atoms with Crippen LogP contribution in [0.4, 0.5) is 0 Å². The van der Waals surface area contributed by atoms with Crippen molar-refractivity contribution in [2.75, 3.05) is 0 Å². The highest BCUT2D eigenvalue weighted by atomic mass is 16.1. The van der Waals surface area contributed by atoms with Gasteiger partial charge in [-0.2, -0.15) is 0 Å². The molecule has 1 aliphatic rings. The maximum atomic E-state index is 13.2. The minimum Gasteiger partial charge on any atom is -0.300 e. The maximum absolute atomic E-state index is 13.2. The van der Waals surface area contributed by atoms with Crippen LogP contribution in [0, 0.1) is 31.6 Å². The lowest BCUT2D eigenvalue weighted by atomic mass is 9.70. The van der Waals surface area contributed by atoms with Crippen LogP contribution in [-0.2, 0) is 22.4 Å². The lowest BCUT2D eigenvalue weighted by molar-refractivity contribution is -0.129. The van der Waals surface area contributed by atoms with Crippen LogP contribution in [0.25, 0.3) is 0 Å². The monoisotopic (exact) mass is 562 g/mol. The van der Waals surface area contributed by atoms with Gasteiger partial charge in [-0.3, -0.25) is 14.4 Å². The Morgan fingerprint density at radius 1 is 0.951 bits per heavy atom. The van der Waals surface area contributed by atoms with Crippen molar-refractivity contribution in [3.05, 3.63) is 69.8 Å². The summed E-state index contributed by atoms with van der Waals surface area (Å²) in [7, 11) is 0. The van der Waals surface area contributed by atoms with Gasteiger partial charge in [-0.1, -0.05) is 104 Å². The molecule has 0 bridgehead atoms. The number of carbonyl (C=O) groups excluding carboxylic acids is 3. The third-order valence-electron chi connectivity index (χ3n) is 8.25. The Kier molecular flexibility index (Phi) is 16.7. The first-order valence-electron chi connectivity index (χ1n) is 16.2. The molecule has 0 saturated heterocycles. The second-order valence-electron chi connectivity index (χ2n) is 12.3. The number of benzene rings is 2. The van der Waals surface area contributed by atoms with Gasteiger partial charge < -0.3 is 0 Å². The first-order chi connectivity index (χ1) is 19.4. The van der Waals surface area contributed by atoms with E-state index in [4.69, 9.17) is 0 Å². The van der Waals surface area contributed by atoms with Gasteiger partial charge in [0, 0.05) is 17.9 Å². The molecule has 3 heteroatoms. The molecule has 0 spiro atoms. The maximum Gasteiger partial charge on any atom is 0.163 e. The van der Waals surface area contributed by atoms with Crippen molar-refractivity contribution >= 4 is 17.3 Å². The fraction of sp³-hybridized carbons (Fsp3) is 0.605. The molecule has 0 fully saturated rings. The van der Waals surface area contributed by atoms with Crippen LogP contribution in [0.15, 0.2) is 36.4 Å². The molecule has 2 aromatic rings. The number of fused-ring (bicyclic) bond motifs is 1. The second kappa shape index (κ2) is 18.8. The first kappa shape index (κ1) is 36.5. The molecular weight excluding hydrogens is 504 g/mol. The summed E-state index contributed by atoms with van der Waals surface area (Å²) < 4.78 is 0. The van der Waals surface area contributed by atoms with Crippen LogP contribution >= 0.6 is 0 Å². The quantitative estimate of drug-likeness (QED) is 0.256. The average Bonchev–Trinajstić information content (AvgIpc) is 2.91. The number of aryl methyl sites for hydroxylation is 2. The zero-order chi connectivity index (χ0) is 31.1. The molecule has 1 aliphatic carbocycles. The molecular formula is C38H58O3. The number of Topliss-reactive ketones (excluding diaryl/α,β-unsaturated/α-hetero) is 3. The highest BCUT2D eigenvalue weighted by Gasteiger charge is 2.34. The highest BCUT2D eigenvalue weighted by molar-refractivity contribution is 6.01. The summed E-state index contributed by atoms with van der Waals surface area (Å²) in [5, 5.41) is 0. The van der Waals surface area contributed by atoms with E-state index in [-0.39, 0.29) is 41.5 Å². The molecule has 41 heavy (non-hydrogen) atoms. The van der Waals surface area contributed by atoms with Crippen molar-refractivity contribution in [2.45, 2.75) is 133 Å². The van der Waals surface area contributed by atoms with Crippen LogP contribution in [0.2, 0.25) is 0 Å². The van der Waals surface area contributed by atoms with E-state index in [1.165, 1.54) is 35.6 Å². The van der Waals surface area contributed by atoms with Crippen LogP contribution in [0.5, 0.6) is 0 Å². The number of rotatable bonds is 11. The summed E-state index contributed by atoms with van der Waals surface area (Å²) in [6.07, 6.45) is 7.59. The van der Waals surface area contributed by atoms with E-state index in [0.29, 0.717) is 12.3 Å². The van der Waals surface area contributed by atoms with Gasteiger partial charge in [0.15, 0.2) is 5.78 Å². The van der Waals surface area contributed by atoms with Gasteiger partial charge in [0.2, 0.25) is 0 Å². The number of ketones is 3. The third kappa shape index (κ3) is 11.3. The predicted octanol–water partition coefficient (Wildman–Crippen LogP) is 10.2. The van der Waals surface area contributed by atoms with Gasteiger partial charge in [-0.15, -0.1) is 0 Å². The van der Waals surface area contributed by atoms with Crippen LogP contribution < -0.4 is 0 Å². The molecule has 0 aliphatic heterocycles. The zero-order valence-electron chi connectivity index (χ0n) is 27.9. The molecule has 0 N–H and O–H groups in total. The van der Waals surface area contributed by atoms with E-state index >= 15 is 0 Å². The Bertz CT molecular complexity index is 1100. The third-order valence-corrected chi connectivity index (χ3v) is 8.25. The fourth-order valence-corrected chi connectivity index (χ4v) is 6.20. The number of carbonyl (C=O) groups is 3. The summed E-state index contributed by atoms with van der Waals surface area (Å²) >= 11 is 0. The summed E-state index contributed by atoms with van der Waals surface area (Å²) in [4.78, 5) is 37.5. The van der Waals surface area contributed by atoms with E-state index in [2.05, 4.69) is 92.6 Å². The standard InChI is InChI=1S/C27H40O3.C8H10.C3H8/c1-8-10-21(22(9-2)25(29)12-18(6)28)13-20-14-24-23(16(3)4)11-17(5)19(7)27(24)26(30)15-20;1-2-8-6-4-3-5-7-8;1-3-2/h11,16,20-22H,8-10,12-15H2,1-7H3;3-7H,2H2,1H3;3H2,1-2H3. The molecule has 0 amide bonds. The van der Waals surface area contributed by atoms with Gasteiger partial charge in [-0.25, -0.2) is 0 Å². The van der Waals surface area contributed by atoms with E-state index in [0.717, 1.165) is 49.7 Å². The highest BCUT2D eigenvalue weighted by Crippen LogP contribution is 2.39. The molecule has 228 valence electrons. The molecule has 3 rings (SSSR count). The zero-order valence-corrected chi connectivity index (χ0v) is 27.9. The van der Waals surface area contributed by atoms with E-state index in [1.54, 1.807) is 0 Å². The van der Waals surface area contributed by atoms with Crippen LogP contribution in [-0.4, -0.2) is 17.3 Å². The SMILES string of the molecule is CCC.CCCC(CC1CC(=O)c2c(C)c(C)cc(C(C)C)c2C1)C(CC)C(=O)CC(C)=O.CCc1ccccc1. The fourth-order valence-electron chi connectivity index (χ4n) is 6.20. The topological polar surface area (TPSA) is 51.2 Å². The van der Waals surface area contributed by atoms with Crippen LogP contribution in [0.1, 0.15) is 144 Å². The minimum absolute atomic E-state index is 0.0428. The molecule has 0 radical (unpaired) electrons.